The molecule has 0 N–H and O–H groups in total. The Kier molecular flexibility index (Phi) is 33.9. The first-order chi connectivity index (χ1) is 36.9. The van der Waals surface area contributed by atoms with Gasteiger partial charge in [0.15, 0.2) is 28.7 Å². The summed E-state index contributed by atoms with van der Waals surface area (Å²) in [6, 6.07) is 10.3. The average molecular weight is 1040 g/mol. The van der Waals surface area contributed by atoms with Crippen LogP contribution in [0.15, 0.2) is 30.3 Å². The van der Waals surface area contributed by atoms with Crippen LogP contribution >= 0.6 is 0 Å². The number of nitro benzene ring substituents is 1. The van der Waals surface area contributed by atoms with Gasteiger partial charge in [0.1, 0.15) is 0 Å². The smallest absolute Gasteiger partial charge is 0.323 e. The largest absolute Gasteiger partial charge is 0.490 e. The van der Waals surface area contributed by atoms with E-state index in [0.29, 0.717) is 73.8 Å². The molecule has 0 unspecified atom stereocenters. The molecule has 0 bridgehead atoms. The van der Waals surface area contributed by atoms with Gasteiger partial charge in [0, 0.05) is 10.8 Å². The van der Waals surface area contributed by atoms with Crippen molar-refractivity contribution >= 4 is 38.0 Å². The van der Waals surface area contributed by atoms with Crippen molar-refractivity contribution in [2.75, 3.05) is 39.6 Å². The summed E-state index contributed by atoms with van der Waals surface area (Å²) in [6.45, 7) is 16.5. The van der Waals surface area contributed by atoms with Crippen LogP contribution in [-0.2, 0) is 0 Å². The SMILES string of the molecule is CCCCCCCCOc1cc2c3cc(OCCCCCCCC)c(OCCCCCCCC)cc3c3c([N+](=O)[O-])c(OCCCCCCCC)c(OCCCCCCCC)cc3c2cc1OCCCCCCCC. The molecule has 9 heteroatoms. The third kappa shape index (κ3) is 23.2. The lowest BCUT2D eigenvalue weighted by Crippen LogP contribution is -2.07. The Morgan fingerprint density at radius 3 is 0.787 bits per heavy atom. The number of ether oxygens (including phenoxy) is 6. The van der Waals surface area contributed by atoms with Crippen LogP contribution in [0.3, 0.4) is 0 Å². The predicted octanol–water partition coefficient (Wildman–Crippen LogP) is 21.5. The number of nitrogens with zero attached hydrogens (tertiary/aromatic N) is 1. The van der Waals surface area contributed by atoms with Gasteiger partial charge >= 0.3 is 5.69 Å². The van der Waals surface area contributed by atoms with Crippen molar-refractivity contribution < 1.29 is 33.3 Å². The summed E-state index contributed by atoms with van der Waals surface area (Å²) in [5.74, 6) is 3.29. The van der Waals surface area contributed by atoms with Crippen LogP contribution < -0.4 is 28.4 Å². The van der Waals surface area contributed by atoms with Crippen LogP contribution in [-0.4, -0.2) is 44.6 Å². The van der Waals surface area contributed by atoms with Gasteiger partial charge in [-0.25, -0.2) is 0 Å². The van der Waals surface area contributed by atoms with E-state index in [1.165, 1.54) is 141 Å². The molecule has 75 heavy (non-hydrogen) atoms. The zero-order valence-corrected chi connectivity index (χ0v) is 48.8. The first-order valence-electron chi connectivity index (χ1n) is 31.4. The highest BCUT2D eigenvalue weighted by molar-refractivity contribution is 6.29. The minimum absolute atomic E-state index is 0.0658. The number of fused-ring (bicyclic) bond motifs is 6. The van der Waals surface area contributed by atoms with Crippen LogP contribution in [0.5, 0.6) is 34.5 Å². The van der Waals surface area contributed by atoms with E-state index in [-0.39, 0.29) is 16.4 Å². The second-order valence-corrected chi connectivity index (χ2v) is 21.6. The molecular weight excluding hydrogens is 935 g/mol. The van der Waals surface area contributed by atoms with Crippen molar-refractivity contribution in [2.45, 2.75) is 273 Å². The predicted molar refractivity (Wildman–Crippen MR) is 319 cm³/mol. The second kappa shape index (κ2) is 40.1. The third-order valence-corrected chi connectivity index (χ3v) is 14.9. The molecule has 0 aliphatic heterocycles. The van der Waals surface area contributed by atoms with E-state index in [0.717, 1.165) is 117 Å². The Labute approximate surface area is 456 Å². The van der Waals surface area contributed by atoms with Crippen molar-refractivity contribution in [1.29, 1.82) is 0 Å². The van der Waals surface area contributed by atoms with Gasteiger partial charge in [-0.2, -0.15) is 0 Å². The van der Waals surface area contributed by atoms with Crippen LogP contribution in [0, 0.1) is 10.1 Å². The monoisotopic (exact) mass is 1040 g/mol. The molecule has 4 rings (SSSR count). The Morgan fingerprint density at radius 2 is 0.507 bits per heavy atom. The summed E-state index contributed by atoms with van der Waals surface area (Å²) in [5.41, 5.74) is -0.0658. The highest BCUT2D eigenvalue weighted by Gasteiger charge is 2.30. The summed E-state index contributed by atoms with van der Waals surface area (Å²) < 4.78 is 40.3. The quantitative estimate of drug-likeness (QED) is 0.0187. The van der Waals surface area contributed by atoms with Crippen molar-refractivity contribution in [3.8, 4) is 34.5 Å². The molecule has 4 aromatic rings. The Hall–Kier alpha value is -4.14. The maximum Gasteiger partial charge on any atom is 0.323 e. The fraction of sp³-hybridized carbons (Fsp3) is 0.727. The summed E-state index contributed by atoms with van der Waals surface area (Å²) in [7, 11) is 0. The van der Waals surface area contributed by atoms with Crippen LogP contribution in [0.2, 0.25) is 0 Å². The molecule has 0 aromatic heterocycles. The minimum atomic E-state index is -0.241. The van der Waals surface area contributed by atoms with Crippen LogP contribution in [0.25, 0.3) is 32.3 Å². The summed E-state index contributed by atoms with van der Waals surface area (Å²) in [6.07, 6.45) is 40.9. The van der Waals surface area contributed by atoms with Gasteiger partial charge in [0.05, 0.1) is 50.0 Å². The Morgan fingerprint density at radius 1 is 0.293 bits per heavy atom. The molecule has 0 saturated heterocycles. The van der Waals surface area contributed by atoms with E-state index in [2.05, 4.69) is 59.7 Å². The van der Waals surface area contributed by atoms with Gasteiger partial charge in [-0.1, -0.05) is 234 Å². The normalized spacial score (nSPS) is 11.5. The molecule has 0 radical (unpaired) electrons. The Balaban J connectivity index is 1.98. The van der Waals surface area contributed by atoms with E-state index in [1.54, 1.807) is 0 Å². The van der Waals surface area contributed by atoms with Gasteiger partial charge in [-0.15, -0.1) is 0 Å². The highest BCUT2D eigenvalue weighted by Crippen LogP contribution is 2.52. The number of hydrogen-bond donors (Lipinski definition) is 0. The molecular formula is C66H107NO8. The fourth-order valence-corrected chi connectivity index (χ4v) is 10.4. The van der Waals surface area contributed by atoms with E-state index in [1.807, 2.05) is 12.1 Å². The second-order valence-electron chi connectivity index (χ2n) is 21.6. The molecule has 424 valence electrons. The van der Waals surface area contributed by atoms with Crippen LogP contribution in [0.1, 0.15) is 273 Å². The molecule has 0 amide bonds. The lowest BCUT2D eigenvalue weighted by molar-refractivity contribution is -0.384. The summed E-state index contributed by atoms with van der Waals surface area (Å²) in [5, 5.41) is 18.6. The maximum atomic E-state index is 14.0. The van der Waals surface area contributed by atoms with E-state index < -0.39 is 0 Å². The number of hydrogen-bond acceptors (Lipinski definition) is 8. The molecule has 4 aromatic carbocycles. The maximum absolute atomic E-state index is 14.0. The van der Waals surface area contributed by atoms with E-state index >= 15 is 0 Å². The molecule has 0 saturated carbocycles. The summed E-state index contributed by atoms with van der Waals surface area (Å²) in [4.78, 5) is 13.7. The fourth-order valence-electron chi connectivity index (χ4n) is 10.4. The molecule has 0 heterocycles. The standard InChI is InChI=1S/C66H107NO8/c1-7-13-19-25-31-37-43-70-59-49-54-55-50-61(72-45-39-33-27-21-15-9-3)62(73-46-40-34-28-22-16-10-4)52-57(55)64-58(56(54)51-60(59)71-44-38-32-26-20-14-8-2)53-63(74-47-41-35-29-23-17-11-5)66(65(64)67(68)69)75-48-42-36-30-24-18-12-6/h49-53H,7-48H2,1-6H3. The summed E-state index contributed by atoms with van der Waals surface area (Å²) >= 11 is 0. The van der Waals surface area contributed by atoms with Gasteiger partial charge in [0.25, 0.3) is 0 Å². The zero-order valence-electron chi connectivity index (χ0n) is 48.8. The lowest BCUT2D eigenvalue weighted by atomic mass is 9.92. The minimum Gasteiger partial charge on any atom is -0.490 e. The number of unbranched alkanes of at least 4 members (excludes halogenated alkanes) is 30. The third-order valence-electron chi connectivity index (χ3n) is 14.9. The lowest BCUT2D eigenvalue weighted by Gasteiger charge is -2.21. The first-order valence-corrected chi connectivity index (χ1v) is 31.4. The number of rotatable bonds is 49. The number of nitro groups is 1. The van der Waals surface area contributed by atoms with Gasteiger partial charge in [0.2, 0.25) is 5.75 Å². The van der Waals surface area contributed by atoms with Gasteiger partial charge < -0.3 is 28.4 Å². The van der Waals surface area contributed by atoms with Gasteiger partial charge in [-0.05, 0) is 85.0 Å². The van der Waals surface area contributed by atoms with E-state index in [4.69, 9.17) is 28.4 Å². The molecule has 0 aliphatic carbocycles. The Bertz CT molecular complexity index is 2070. The average Bonchev–Trinajstić information content (AvgIpc) is 3.42. The topological polar surface area (TPSA) is 98.5 Å². The molecule has 0 spiro atoms. The number of benzene rings is 4. The zero-order chi connectivity index (χ0) is 53.6. The van der Waals surface area contributed by atoms with Crippen molar-refractivity contribution in [3.05, 3.63) is 40.4 Å². The van der Waals surface area contributed by atoms with Crippen molar-refractivity contribution in [1.82, 2.24) is 0 Å². The van der Waals surface area contributed by atoms with E-state index in [9.17, 15) is 10.1 Å². The molecule has 9 nitrogen and oxygen atoms in total. The van der Waals surface area contributed by atoms with Gasteiger partial charge in [-0.3, -0.25) is 10.1 Å². The van der Waals surface area contributed by atoms with Crippen LogP contribution in [0.4, 0.5) is 5.69 Å². The van der Waals surface area contributed by atoms with Crippen molar-refractivity contribution in [3.63, 3.8) is 0 Å². The molecule has 0 atom stereocenters. The van der Waals surface area contributed by atoms with Crippen molar-refractivity contribution in [2.24, 2.45) is 0 Å². The molecule has 0 fully saturated rings. The highest BCUT2D eigenvalue weighted by atomic mass is 16.6. The first kappa shape index (κ1) is 63.4. The molecule has 0 aliphatic rings.